The summed E-state index contributed by atoms with van der Waals surface area (Å²) in [6.45, 7) is 12.3. The average Bonchev–Trinajstić information content (AvgIpc) is 2.27. The molecule has 0 amide bonds. The van der Waals surface area contributed by atoms with Gasteiger partial charge in [0, 0.05) is 12.1 Å². The molecule has 0 aliphatic heterocycles. The summed E-state index contributed by atoms with van der Waals surface area (Å²) in [7, 11) is 0. The van der Waals surface area contributed by atoms with Crippen molar-refractivity contribution >= 4 is 11.4 Å². The first-order chi connectivity index (χ1) is 8.40. The third kappa shape index (κ3) is 4.40. The molecule has 0 bridgehead atoms. The highest BCUT2D eigenvalue weighted by Gasteiger charge is 2.04. The van der Waals surface area contributed by atoms with Gasteiger partial charge in [0.05, 0.1) is 22.8 Å². The van der Waals surface area contributed by atoms with E-state index in [1.165, 1.54) is 0 Å². The predicted octanol–water partition coefficient (Wildman–Crippen LogP) is 3.52. The second kappa shape index (κ2) is 6.43. The normalized spacial score (nSPS) is 13.6. The SMILES string of the molecule is CC(=NC(C)C)c1cccc(C(C)=NC(C)C)n1. The Kier molecular flexibility index (Phi) is 5.20. The molecule has 0 saturated carbocycles. The van der Waals surface area contributed by atoms with E-state index in [1.54, 1.807) is 0 Å². The van der Waals surface area contributed by atoms with E-state index in [4.69, 9.17) is 0 Å². The van der Waals surface area contributed by atoms with Crippen LogP contribution in [0.25, 0.3) is 0 Å². The highest BCUT2D eigenvalue weighted by Crippen LogP contribution is 2.05. The zero-order valence-corrected chi connectivity index (χ0v) is 12.2. The summed E-state index contributed by atoms with van der Waals surface area (Å²) in [4.78, 5) is 13.7. The van der Waals surface area contributed by atoms with Gasteiger partial charge in [-0.1, -0.05) is 6.07 Å². The Hall–Kier alpha value is -1.51. The summed E-state index contributed by atoms with van der Waals surface area (Å²) in [6.07, 6.45) is 0. The van der Waals surface area contributed by atoms with Crippen molar-refractivity contribution in [1.29, 1.82) is 0 Å². The number of nitrogens with zero attached hydrogens (tertiary/aromatic N) is 3. The molecule has 0 radical (unpaired) electrons. The maximum atomic E-state index is 4.62. The zero-order chi connectivity index (χ0) is 13.7. The lowest BCUT2D eigenvalue weighted by molar-refractivity contribution is 0.833. The molecule has 0 aromatic carbocycles. The van der Waals surface area contributed by atoms with Crippen LogP contribution in [-0.2, 0) is 0 Å². The summed E-state index contributed by atoms with van der Waals surface area (Å²) in [5.41, 5.74) is 3.81. The Labute approximate surface area is 110 Å². The van der Waals surface area contributed by atoms with E-state index >= 15 is 0 Å². The van der Waals surface area contributed by atoms with Crippen molar-refractivity contribution < 1.29 is 0 Å². The fourth-order valence-corrected chi connectivity index (χ4v) is 1.74. The molecule has 1 aromatic heterocycles. The maximum Gasteiger partial charge on any atom is 0.0845 e. The molecular formula is C15H23N3. The zero-order valence-electron chi connectivity index (χ0n) is 12.2. The standard InChI is InChI=1S/C15H23N3/c1-10(2)16-12(5)14-8-7-9-15(18-14)13(6)17-11(3)4/h7-11H,1-6H3. The largest absolute Gasteiger partial charge is 0.285 e. The van der Waals surface area contributed by atoms with E-state index in [2.05, 4.69) is 42.7 Å². The van der Waals surface area contributed by atoms with Gasteiger partial charge in [0.1, 0.15) is 0 Å². The molecule has 18 heavy (non-hydrogen) atoms. The second-order valence-electron chi connectivity index (χ2n) is 5.02. The number of aliphatic imine (C=N–C) groups is 2. The molecule has 1 rings (SSSR count). The quantitative estimate of drug-likeness (QED) is 0.748. The Bertz CT molecular complexity index is 417. The summed E-state index contributed by atoms with van der Waals surface area (Å²) in [5, 5.41) is 0. The summed E-state index contributed by atoms with van der Waals surface area (Å²) in [5.74, 6) is 0. The van der Waals surface area contributed by atoms with Gasteiger partial charge in [-0.25, -0.2) is 4.98 Å². The van der Waals surface area contributed by atoms with Crippen molar-refractivity contribution in [2.45, 2.75) is 53.6 Å². The van der Waals surface area contributed by atoms with Crippen molar-refractivity contribution in [2.24, 2.45) is 9.98 Å². The number of hydrogen-bond donors (Lipinski definition) is 0. The van der Waals surface area contributed by atoms with Gasteiger partial charge in [0.15, 0.2) is 0 Å². The minimum Gasteiger partial charge on any atom is -0.285 e. The molecule has 1 heterocycles. The molecule has 0 N–H and O–H groups in total. The topological polar surface area (TPSA) is 37.6 Å². The predicted molar refractivity (Wildman–Crippen MR) is 78.9 cm³/mol. The molecule has 3 nitrogen and oxygen atoms in total. The minimum absolute atomic E-state index is 0.292. The van der Waals surface area contributed by atoms with Crippen LogP contribution in [0.3, 0.4) is 0 Å². The molecular weight excluding hydrogens is 222 g/mol. The minimum atomic E-state index is 0.292. The fourth-order valence-electron chi connectivity index (χ4n) is 1.74. The third-order valence-corrected chi connectivity index (χ3v) is 2.39. The van der Waals surface area contributed by atoms with Crippen LogP contribution in [0.1, 0.15) is 52.9 Å². The molecule has 1 aromatic rings. The molecule has 0 aliphatic carbocycles. The lowest BCUT2D eigenvalue weighted by Gasteiger charge is -2.06. The number of pyridine rings is 1. The van der Waals surface area contributed by atoms with Crippen LogP contribution in [0.5, 0.6) is 0 Å². The van der Waals surface area contributed by atoms with Gasteiger partial charge in [-0.15, -0.1) is 0 Å². The van der Waals surface area contributed by atoms with Crippen molar-refractivity contribution in [3.8, 4) is 0 Å². The van der Waals surface area contributed by atoms with Crippen LogP contribution in [0.4, 0.5) is 0 Å². The Balaban J connectivity index is 3.07. The highest BCUT2D eigenvalue weighted by molar-refractivity contribution is 6.00. The van der Waals surface area contributed by atoms with Crippen LogP contribution >= 0.6 is 0 Å². The Morgan fingerprint density at radius 2 is 1.28 bits per heavy atom. The van der Waals surface area contributed by atoms with Gasteiger partial charge in [0.25, 0.3) is 0 Å². The van der Waals surface area contributed by atoms with Crippen molar-refractivity contribution in [3.05, 3.63) is 29.6 Å². The van der Waals surface area contributed by atoms with Gasteiger partial charge in [-0.2, -0.15) is 0 Å². The number of aromatic nitrogens is 1. The molecule has 0 fully saturated rings. The maximum absolute atomic E-state index is 4.62. The van der Waals surface area contributed by atoms with Gasteiger partial charge in [0.2, 0.25) is 0 Å². The second-order valence-corrected chi connectivity index (χ2v) is 5.02. The van der Waals surface area contributed by atoms with Crippen LogP contribution in [0.15, 0.2) is 28.2 Å². The number of hydrogen-bond acceptors (Lipinski definition) is 3. The monoisotopic (exact) mass is 245 g/mol. The van der Waals surface area contributed by atoms with Gasteiger partial charge >= 0.3 is 0 Å². The number of rotatable bonds is 4. The Morgan fingerprint density at radius 1 is 0.889 bits per heavy atom. The lowest BCUT2D eigenvalue weighted by Crippen LogP contribution is -2.08. The highest BCUT2D eigenvalue weighted by atomic mass is 14.8. The first kappa shape index (κ1) is 14.6. The van der Waals surface area contributed by atoms with E-state index in [0.717, 1.165) is 22.8 Å². The third-order valence-electron chi connectivity index (χ3n) is 2.39. The summed E-state index contributed by atoms with van der Waals surface area (Å²) >= 11 is 0. The molecule has 0 atom stereocenters. The van der Waals surface area contributed by atoms with Crippen LogP contribution < -0.4 is 0 Å². The molecule has 0 spiro atoms. The Morgan fingerprint density at radius 3 is 1.61 bits per heavy atom. The van der Waals surface area contributed by atoms with Gasteiger partial charge in [-0.05, 0) is 53.7 Å². The fraction of sp³-hybridized carbons (Fsp3) is 0.533. The van der Waals surface area contributed by atoms with Crippen LogP contribution in [0.2, 0.25) is 0 Å². The van der Waals surface area contributed by atoms with Crippen LogP contribution in [0, 0.1) is 0 Å². The van der Waals surface area contributed by atoms with E-state index in [9.17, 15) is 0 Å². The van der Waals surface area contributed by atoms with Crippen LogP contribution in [-0.4, -0.2) is 28.5 Å². The molecule has 0 saturated heterocycles. The molecule has 0 aliphatic rings. The molecule has 0 unspecified atom stereocenters. The van der Waals surface area contributed by atoms with Gasteiger partial charge < -0.3 is 0 Å². The summed E-state index contributed by atoms with van der Waals surface area (Å²) in [6, 6.07) is 6.58. The van der Waals surface area contributed by atoms with E-state index < -0.39 is 0 Å². The molecule has 98 valence electrons. The molecule has 3 heteroatoms. The van der Waals surface area contributed by atoms with E-state index in [1.807, 2.05) is 32.0 Å². The van der Waals surface area contributed by atoms with E-state index in [-0.39, 0.29) is 0 Å². The van der Waals surface area contributed by atoms with Crippen molar-refractivity contribution in [2.75, 3.05) is 0 Å². The average molecular weight is 245 g/mol. The summed E-state index contributed by atoms with van der Waals surface area (Å²) < 4.78 is 0. The van der Waals surface area contributed by atoms with Crippen molar-refractivity contribution in [3.63, 3.8) is 0 Å². The van der Waals surface area contributed by atoms with E-state index in [0.29, 0.717) is 12.1 Å². The smallest absolute Gasteiger partial charge is 0.0845 e. The first-order valence-electron chi connectivity index (χ1n) is 6.46. The van der Waals surface area contributed by atoms with Gasteiger partial charge in [-0.3, -0.25) is 9.98 Å². The lowest BCUT2D eigenvalue weighted by atomic mass is 10.2. The van der Waals surface area contributed by atoms with Crippen molar-refractivity contribution in [1.82, 2.24) is 4.98 Å². The first-order valence-corrected chi connectivity index (χ1v) is 6.46.